The zero-order valence-corrected chi connectivity index (χ0v) is 14.5. The number of aliphatic imine (C=N–C) groups is 1. The van der Waals surface area contributed by atoms with E-state index in [0.717, 1.165) is 6.07 Å². The first-order valence-electron chi connectivity index (χ1n) is 8.00. The summed E-state index contributed by atoms with van der Waals surface area (Å²) in [5.74, 6) is -1.00. The van der Waals surface area contributed by atoms with Crippen molar-refractivity contribution in [1.29, 1.82) is 0 Å². The van der Waals surface area contributed by atoms with E-state index in [4.69, 9.17) is 0 Å². The lowest BCUT2D eigenvalue weighted by Gasteiger charge is -2.11. The smallest absolute Gasteiger partial charge is 0.310 e. The number of urea groups is 1. The van der Waals surface area contributed by atoms with Gasteiger partial charge in [-0.15, -0.1) is 0 Å². The Labute approximate surface area is 158 Å². The molecule has 0 radical (unpaired) electrons. The molecule has 0 saturated carbocycles. The first kappa shape index (κ1) is 18.7. The van der Waals surface area contributed by atoms with Gasteiger partial charge in [0.1, 0.15) is 11.5 Å². The van der Waals surface area contributed by atoms with Gasteiger partial charge in [0.05, 0.1) is 4.92 Å². The molecule has 0 atom stereocenters. The second kappa shape index (κ2) is 7.66. The van der Waals surface area contributed by atoms with E-state index in [1.807, 2.05) is 0 Å². The third-order valence-corrected chi connectivity index (χ3v) is 3.83. The van der Waals surface area contributed by atoms with Crippen LogP contribution >= 0.6 is 0 Å². The number of amides is 3. The van der Waals surface area contributed by atoms with Crippen LogP contribution in [-0.4, -0.2) is 34.8 Å². The Kier molecular flexibility index (Phi) is 5.12. The predicted octanol–water partition coefficient (Wildman–Crippen LogP) is 2.72. The summed E-state index contributed by atoms with van der Waals surface area (Å²) < 4.78 is 13.2. The van der Waals surface area contributed by atoms with Crippen LogP contribution in [0.1, 0.15) is 5.56 Å². The lowest BCUT2D eigenvalue weighted by atomic mass is 10.1. The van der Waals surface area contributed by atoms with Crippen molar-refractivity contribution in [1.82, 2.24) is 10.2 Å². The van der Waals surface area contributed by atoms with Gasteiger partial charge in [0.15, 0.2) is 0 Å². The van der Waals surface area contributed by atoms with Crippen molar-refractivity contribution < 1.29 is 18.9 Å². The van der Waals surface area contributed by atoms with E-state index in [0.29, 0.717) is 5.56 Å². The van der Waals surface area contributed by atoms with Gasteiger partial charge in [0.2, 0.25) is 5.96 Å². The number of likely N-dealkylation sites (N-methyl/N-ethyl adjacent to an activating group) is 1. The van der Waals surface area contributed by atoms with Crippen molar-refractivity contribution >= 4 is 35.3 Å². The maximum absolute atomic E-state index is 13.2. The normalized spacial score (nSPS) is 16.4. The van der Waals surface area contributed by atoms with Gasteiger partial charge in [0, 0.05) is 24.9 Å². The van der Waals surface area contributed by atoms with Crippen LogP contribution in [0.4, 0.5) is 20.6 Å². The van der Waals surface area contributed by atoms with Crippen LogP contribution in [-0.2, 0) is 4.79 Å². The lowest BCUT2D eigenvalue weighted by Crippen LogP contribution is -2.29. The Balaban J connectivity index is 1.76. The average molecular weight is 383 g/mol. The molecule has 0 spiro atoms. The second-order valence-corrected chi connectivity index (χ2v) is 5.77. The summed E-state index contributed by atoms with van der Waals surface area (Å²) in [6.45, 7) is 0. The molecule has 1 fully saturated rings. The summed E-state index contributed by atoms with van der Waals surface area (Å²) in [6.07, 6.45) is 1.51. The van der Waals surface area contributed by atoms with Crippen LogP contribution in [0.15, 0.2) is 59.2 Å². The molecule has 0 aromatic heterocycles. The van der Waals surface area contributed by atoms with Gasteiger partial charge in [-0.3, -0.25) is 20.2 Å². The number of non-ortho nitro benzene ring substituents is 1. The molecule has 1 heterocycles. The molecule has 0 unspecified atom stereocenters. The van der Waals surface area contributed by atoms with Gasteiger partial charge in [-0.25, -0.2) is 9.18 Å². The maximum atomic E-state index is 13.2. The third kappa shape index (κ3) is 4.18. The molecule has 2 aromatic rings. The Morgan fingerprint density at radius 1 is 1.29 bits per heavy atom. The molecule has 0 bridgehead atoms. The molecule has 1 aliphatic rings. The van der Waals surface area contributed by atoms with Gasteiger partial charge in [0.25, 0.3) is 11.6 Å². The van der Waals surface area contributed by atoms with Crippen LogP contribution in [0.3, 0.4) is 0 Å². The predicted molar refractivity (Wildman–Crippen MR) is 99.8 cm³/mol. The van der Waals surface area contributed by atoms with Gasteiger partial charge in [-0.2, -0.15) is 4.99 Å². The number of anilines is 1. The van der Waals surface area contributed by atoms with Crippen LogP contribution < -0.4 is 10.6 Å². The van der Waals surface area contributed by atoms with E-state index in [1.165, 1.54) is 60.5 Å². The van der Waals surface area contributed by atoms with Crippen LogP contribution in [0.5, 0.6) is 0 Å². The summed E-state index contributed by atoms with van der Waals surface area (Å²) in [6, 6.07) is 10.2. The van der Waals surface area contributed by atoms with Crippen LogP contribution in [0.2, 0.25) is 0 Å². The topological polar surface area (TPSA) is 117 Å². The number of nitrogens with zero attached hydrogens (tertiary/aromatic N) is 3. The molecule has 10 heteroatoms. The number of rotatable bonds is 3. The Bertz CT molecular complexity index is 1020. The summed E-state index contributed by atoms with van der Waals surface area (Å²) in [4.78, 5) is 39.5. The van der Waals surface area contributed by atoms with Gasteiger partial charge in [-0.05, 0) is 42.0 Å². The first-order chi connectivity index (χ1) is 13.3. The van der Waals surface area contributed by atoms with E-state index >= 15 is 0 Å². The number of carbonyl (C=O) groups excluding carboxylic acids is 2. The maximum Gasteiger partial charge on any atom is 0.348 e. The van der Waals surface area contributed by atoms with Gasteiger partial charge < -0.3 is 10.2 Å². The molecule has 28 heavy (non-hydrogen) atoms. The molecule has 3 amide bonds. The minimum atomic E-state index is -0.788. The molecule has 9 nitrogen and oxygen atoms in total. The number of hydrogen-bond acceptors (Lipinski definition) is 4. The molecule has 1 saturated heterocycles. The number of nitro groups is 1. The van der Waals surface area contributed by atoms with Crippen LogP contribution in [0, 0.1) is 15.9 Å². The number of nitro benzene ring substituents is 1. The summed E-state index contributed by atoms with van der Waals surface area (Å²) in [7, 11) is 1.53. The Hall–Kier alpha value is -4.08. The van der Waals surface area contributed by atoms with Crippen molar-refractivity contribution in [3.05, 3.63) is 75.7 Å². The number of hydrogen-bond donors (Lipinski definition) is 2. The van der Waals surface area contributed by atoms with E-state index in [1.54, 1.807) is 0 Å². The summed E-state index contributed by atoms with van der Waals surface area (Å²) in [5, 5.41) is 15.6. The van der Waals surface area contributed by atoms with Crippen LogP contribution in [0.25, 0.3) is 6.08 Å². The number of carbonyl (C=O) groups is 2. The molecule has 1 aliphatic heterocycles. The summed E-state index contributed by atoms with van der Waals surface area (Å²) >= 11 is 0. The highest BCUT2D eigenvalue weighted by atomic mass is 19.1. The van der Waals surface area contributed by atoms with Crippen molar-refractivity contribution in [3.63, 3.8) is 0 Å². The van der Waals surface area contributed by atoms with Gasteiger partial charge >= 0.3 is 6.03 Å². The molecule has 142 valence electrons. The minimum Gasteiger partial charge on any atom is -0.310 e. The molecular formula is C18H14FN5O4. The highest BCUT2D eigenvalue weighted by Gasteiger charge is 2.29. The molecule has 3 rings (SSSR count). The summed E-state index contributed by atoms with van der Waals surface area (Å²) in [5.41, 5.74) is 0.921. The zero-order chi connectivity index (χ0) is 20.3. The zero-order valence-electron chi connectivity index (χ0n) is 14.5. The van der Waals surface area contributed by atoms with Crippen molar-refractivity contribution in [2.45, 2.75) is 0 Å². The van der Waals surface area contributed by atoms with Crippen molar-refractivity contribution in [3.8, 4) is 0 Å². The molecule has 0 aliphatic carbocycles. The second-order valence-electron chi connectivity index (χ2n) is 5.77. The number of nitrogens with one attached hydrogen (secondary N) is 2. The SMILES string of the molecule is CN1/C(=C/c2ccc([N+](=O)[O-])cc2)C(=O)N/C1=N\C(=O)Nc1cccc(F)c1. The van der Waals surface area contributed by atoms with Crippen molar-refractivity contribution in [2.75, 3.05) is 12.4 Å². The van der Waals surface area contributed by atoms with E-state index < -0.39 is 22.7 Å². The molecular weight excluding hydrogens is 369 g/mol. The quantitative estimate of drug-likeness (QED) is 0.480. The lowest BCUT2D eigenvalue weighted by molar-refractivity contribution is -0.384. The standard InChI is InChI=1S/C18H14FN5O4/c1-23-15(9-11-5-7-14(8-6-11)24(27)28)16(25)21-17(23)22-18(26)20-13-4-2-3-12(19)10-13/h2-10H,1H3,(H2,20,21,22,25,26)/b15-9+. The number of benzene rings is 2. The Morgan fingerprint density at radius 2 is 2.00 bits per heavy atom. The number of halogens is 1. The van der Waals surface area contributed by atoms with Gasteiger partial charge in [-0.1, -0.05) is 6.07 Å². The Morgan fingerprint density at radius 3 is 2.64 bits per heavy atom. The number of guanidine groups is 1. The van der Waals surface area contributed by atoms with E-state index in [9.17, 15) is 24.1 Å². The fourth-order valence-corrected chi connectivity index (χ4v) is 2.45. The molecule has 2 N–H and O–H groups in total. The fourth-order valence-electron chi connectivity index (χ4n) is 2.45. The van der Waals surface area contributed by atoms with Crippen molar-refractivity contribution in [2.24, 2.45) is 4.99 Å². The van der Waals surface area contributed by atoms with E-state index in [2.05, 4.69) is 15.6 Å². The third-order valence-electron chi connectivity index (χ3n) is 3.83. The molecule has 2 aromatic carbocycles. The highest BCUT2D eigenvalue weighted by Crippen LogP contribution is 2.18. The first-order valence-corrected chi connectivity index (χ1v) is 8.00. The minimum absolute atomic E-state index is 0.00735. The highest BCUT2D eigenvalue weighted by molar-refractivity contribution is 6.17. The fraction of sp³-hybridized carbons (Fsp3) is 0.0556. The van der Waals surface area contributed by atoms with E-state index in [-0.39, 0.29) is 23.0 Å². The monoisotopic (exact) mass is 383 g/mol. The largest absolute Gasteiger partial charge is 0.348 e. The average Bonchev–Trinajstić information content (AvgIpc) is 2.89.